The summed E-state index contributed by atoms with van der Waals surface area (Å²) in [6.45, 7) is 2.09. The molecular weight excluding hydrogens is 284 g/mol. The summed E-state index contributed by atoms with van der Waals surface area (Å²) in [5.74, 6) is -0.993. The van der Waals surface area contributed by atoms with E-state index in [1.165, 1.54) is 0 Å². The van der Waals surface area contributed by atoms with Crippen molar-refractivity contribution >= 4 is 28.4 Å². The molecule has 3 rings (SSSR count). The zero-order valence-electron chi connectivity index (χ0n) is 12.1. The smallest absolute Gasteiger partial charge is 0.339 e. The van der Waals surface area contributed by atoms with Gasteiger partial charge in [-0.1, -0.05) is 24.3 Å². The Balaban J connectivity index is 2.17. The third-order valence-electron chi connectivity index (χ3n) is 3.61. The molecule has 6 nitrogen and oxygen atoms in total. The van der Waals surface area contributed by atoms with Crippen LogP contribution >= 0.6 is 0 Å². The third-order valence-corrected chi connectivity index (χ3v) is 3.61. The number of para-hydroxylation sites is 1. The normalized spacial score (nSPS) is 15.5. The first kappa shape index (κ1) is 14.3. The minimum atomic E-state index is -1.43. The number of hydrogen-bond donors (Lipinski definition) is 3. The van der Waals surface area contributed by atoms with Gasteiger partial charge in [-0.2, -0.15) is 0 Å². The summed E-state index contributed by atoms with van der Waals surface area (Å²) >= 11 is 0. The lowest BCUT2D eigenvalue weighted by atomic mass is 9.97. The van der Waals surface area contributed by atoms with Gasteiger partial charge in [0.25, 0.3) is 5.91 Å². The number of H-pyrrole nitrogens is 1. The summed E-state index contributed by atoms with van der Waals surface area (Å²) in [5, 5.41) is 13.8. The Hall–Kier alpha value is -2.60. The summed E-state index contributed by atoms with van der Waals surface area (Å²) in [5.41, 5.74) is 2.04. The van der Waals surface area contributed by atoms with E-state index in [0.717, 1.165) is 10.9 Å². The van der Waals surface area contributed by atoms with E-state index in [0.29, 0.717) is 16.8 Å². The largest absolute Gasteiger partial charge is 0.464 e. The fourth-order valence-corrected chi connectivity index (χ4v) is 2.65. The predicted molar refractivity (Wildman–Crippen MR) is 81.2 cm³/mol. The summed E-state index contributed by atoms with van der Waals surface area (Å²) in [4.78, 5) is 27.1. The van der Waals surface area contributed by atoms with E-state index in [-0.39, 0.29) is 19.1 Å². The molecule has 2 heterocycles. The molecule has 0 aliphatic carbocycles. The average molecular weight is 300 g/mol. The standard InChI is InChI=1S/C16H16N2O4/c1-2-22-16(21)14(19)10-7-8-17-15(20)13-12(10)9-5-3-4-6-11(9)18-13/h3-7,14,18-19H,2,8H2,1H3,(H,17,20). The van der Waals surface area contributed by atoms with Crippen LogP contribution in [0.2, 0.25) is 0 Å². The second-order valence-electron chi connectivity index (χ2n) is 4.94. The van der Waals surface area contributed by atoms with Gasteiger partial charge in [-0.05, 0) is 18.6 Å². The van der Waals surface area contributed by atoms with E-state index < -0.39 is 12.1 Å². The van der Waals surface area contributed by atoms with Gasteiger partial charge in [0.05, 0.1) is 6.61 Å². The van der Waals surface area contributed by atoms with Crippen LogP contribution in [0, 0.1) is 0 Å². The summed E-state index contributed by atoms with van der Waals surface area (Å²) in [6, 6.07) is 7.37. The van der Waals surface area contributed by atoms with Gasteiger partial charge in [-0.15, -0.1) is 0 Å². The maximum Gasteiger partial charge on any atom is 0.339 e. The van der Waals surface area contributed by atoms with E-state index in [4.69, 9.17) is 4.74 Å². The number of benzene rings is 1. The second kappa shape index (κ2) is 5.65. The number of hydrogen-bond acceptors (Lipinski definition) is 4. The van der Waals surface area contributed by atoms with Crippen molar-refractivity contribution in [3.05, 3.63) is 41.6 Å². The van der Waals surface area contributed by atoms with Crippen LogP contribution in [0.15, 0.2) is 30.3 Å². The van der Waals surface area contributed by atoms with Crippen LogP contribution in [0.5, 0.6) is 0 Å². The highest BCUT2D eigenvalue weighted by molar-refractivity contribution is 6.10. The van der Waals surface area contributed by atoms with Gasteiger partial charge in [0, 0.05) is 23.0 Å². The molecule has 1 aliphatic heterocycles. The molecule has 22 heavy (non-hydrogen) atoms. The summed E-state index contributed by atoms with van der Waals surface area (Å²) < 4.78 is 4.88. The highest BCUT2D eigenvalue weighted by Crippen LogP contribution is 2.32. The number of fused-ring (bicyclic) bond motifs is 3. The van der Waals surface area contributed by atoms with Crippen molar-refractivity contribution in [3.63, 3.8) is 0 Å². The first-order chi connectivity index (χ1) is 10.6. The molecule has 1 aliphatic rings. The monoisotopic (exact) mass is 300 g/mol. The number of nitrogens with one attached hydrogen (secondary N) is 2. The zero-order valence-corrected chi connectivity index (χ0v) is 12.1. The lowest BCUT2D eigenvalue weighted by molar-refractivity contribution is -0.149. The van der Waals surface area contributed by atoms with Gasteiger partial charge in [-0.3, -0.25) is 4.79 Å². The Labute approximate surface area is 126 Å². The quantitative estimate of drug-likeness (QED) is 0.743. The summed E-state index contributed by atoms with van der Waals surface area (Å²) in [7, 11) is 0. The Morgan fingerprint density at radius 1 is 1.41 bits per heavy atom. The second-order valence-corrected chi connectivity index (χ2v) is 4.94. The highest BCUT2D eigenvalue weighted by Gasteiger charge is 2.30. The lowest BCUT2D eigenvalue weighted by Crippen LogP contribution is -2.25. The molecule has 1 aromatic heterocycles. The first-order valence-electron chi connectivity index (χ1n) is 7.07. The Kier molecular flexibility index (Phi) is 3.68. The van der Waals surface area contributed by atoms with Crippen molar-refractivity contribution in [1.82, 2.24) is 10.3 Å². The number of ether oxygens (including phenoxy) is 1. The van der Waals surface area contributed by atoms with E-state index in [1.807, 2.05) is 24.3 Å². The molecule has 0 bridgehead atoms. The van der Waals surface area contributed by atoms with E-state index >= 15 is 0 Å². The molecule has 6 heteroatoms. The number of aliphatic hydroxyl groups is 1. The van der Waals surface area contributed by atoms with Crippen LogP contribution in [0.4, 0.5) is 0 Å². The Morgan fingerprint density at radius 2 is 2.18 bits per heavy atom. The van der Waals surface area contributed by atoms with Crippen molar-refractivity contribution in [2.24, 2.45) is 0 Å². The lowest BCUT2D eigenvalue weighted by Gasteiger charge is -2.13. The van der Waals surface area contributed by atoms with E-state index in [9.17, 15) is 14.7 Å². The maximum atomic E-state index is 12.2. The van der Waals surface area contributed by atoms with Gasteiger partial charge < -0.3 is 20.1 Å². The zero-order chi connectivity index (χ0) is 15.7. The molecule has 1 amide bonds. The predicted octanol–water partition coefficient (Wildman–Crippen LogP) is 1.22. The van der Waals surface area contributed by atoms with Crippen LogP contribution in [0.25, 0.3) is 16.5 Å². The van der Waals surface area contributed by atoms with E-state index in [1.54, 1.807) is 13.0 Å². The molecule has 0 spiro atoms. The number of amides is 1. The third kappa shape index (κ3) is 2.27. The fourth-order valence-electron chi connectivity index (χ4n) is 2.65. The molecule has 1 unspecified atom stereocenters. The van der Waals surface area contributed by atoms with Crippen LogP contribution in [0.3, 0.4) is 0 Å². The number of rotatable bonds is 3. The Morgan fingerprint density at radius 3 is 2.95 bits per heavy atom. The van der Waals surface area contributed by atoms with Crippen molar-refractivity contribution in [3.8, 4) is 0 Å². The SMILES string of the molecule is CCOC(=O)C(O)C1=CCNC(=O)c2[nH]c3ccccc3c21. The van der Waals surface area contributed by atoms with Crippen LogP contribution in [-0.2, 0) is 9.53 Å². The molecular formula is C16H16N2O4. The first-order valence-corrected chi connectivity index (χ1v) is 7.07. The number of carbonyl (C=O) groups is 2. The molecule has 0 saturated heterocycles. The molecule has 0 saturated carbocycles. The van der Waals surface area contributed by atoms with Crippen molar-refractivity contribution in [1.29, 1.82) is 0 Å². The van der Waals surface area contributed by atoms with Gasteiger partial charge in [-0.25, -0.2) is 4.79 Å². The number of aliphatic hydroxyl groups excluding tert-OH is 1. The van der Waals surface area contributed by atoms with Crippen LogP contribution < -0.4 is 5.32 Å². The molecule has 0 fully saturated rings. The molecule has 1 atom stereocenters. The minimum Gasteiger partial charge on any atom is -0.464 e. The maximum absolute atomic E-state index is 12.2. The molecule has 2 aromatic rings. The van der Waals surface area contributed by atoms with Crippen LogP contribution in [-0.4, -0.2) is 41.2 Å². The minimum absolute atomic E-state index is 0.182. The molecule has 114 valence electrons. The van der Waals surface area contributed by atoms with Crippen molar-refractivity contribution < 1.29 is 19.4 Å². The van der Waals surface area contributed by atoms with E-state index in [2.05, 4.69) is 10.3 Å². The molecule has 3 N–H and O–H groups in total. The summed E-state index contributed by atoms with van der Waals surface area (Å²) in [6.07, 6.45) is 0.219. The van der Waals surface area contributed by atoms with Gasteiger partial charge in [0.2, 0.25) is 0 Å². The Bertz CT molecular complexity index is 776. The highest BCUT2D eigenvalue weighted by atomic mass is 16.5. The number of esters is 1. The topological polar surface area (TPSA) is 91.4 Å². The number of aromatic amines is 1. The van der Waals surface area contributed by atoms with Gasteiger partial charge in [0.15, 0.2) is 6.10 Å². The van der Waals surface area contributed by atoms with Crippen molar-refractivity contribution in [2.45, 2.75) is 13.0 Å². The number of carbonyl (C=O) groups excluding carboxylic acids is 2. The van der Waals surface area contributed by atoms with Gasteiger partial charge >= 0.3 is 5.97 Å². The van der Waals surface area contributed by atoms with Crippen molar-refractivity contribution in [2.75, 3.05) is 13.2 Å². The fraction of sp³-hybridized carbons (Fsp3) is 0.250. The van der Waals surface area contributed by atoms with Crippen LogP contribution in [0.1, 0.15) is 23.0 Å². The molecule has 0 radical (unpaired) electrons. The number of aromatic nitrogens is 1. The molecule has 1 aromatic carbocycles. The average Bonchev–Trinajstić information content (AvgIpc) is 2.82. The van der Waals surface area contributed by atoms with Gasteiger partial charge in [0.1, 0.15) is 5.69 Å².